The maximum atomic E-state index is 11.9. The molecule has 4 heteroatoms. The molecule has 0 radical (unpaired) electrons. The molecule has 1 amide bonds. The van der Waals surface area contributed by atoms with E-state index in [1.54, 1.807) is 0 Å². The summed E-state index contributed by atoms with van der Waals surface area (Å²) < 4.78 is 0. The second-order valence-corrected chi connectivity index (χ2v) is 5.89. The number of nitrogen functional groups attached to an aromatic ring is 1. The number of aryl methyl sites for hydroxylation is 1. The third-order valence-corrected chi connectivity index (χ3v) is 4.25. The Balaban J connectivity index is 1.75. The van der Waals surface area contributed by atoms with Crippen LogP contribution < -0.4 is 11.1 Å². The van der Waals surface area contributed by atoms with Crippen LogP contribution in [0.5, 0.6) is 0 Å². The molecular formula is C16H24N2O2. The maximum Gasteiger partial charge on any atom is 0.220 e. The molecule has 0 heterocycles. The van der Waals surface area contributed by atoms with Gasteiger partial charge in [0.05, 0.1) is 6.61 Å². The summed E-state index contributed by atoms with van der Waals surface area (Å²) in [6.45, 7) is 0.766. The molecule has 2 rings (SSSR count). The number of carbonyl (C=O) groups is 1. The lowest BCUT2D eigenvalue weighted by Crippen LogP contribution is -2.38. The molecule has 0 aliphatic heterocycles. The van der Waals surface area contributed by atoms with Crippen molar-refractivity contribution in [2.75, 3.05) is 18.9 Å². The second-order valence-electron chi connectivity index (χ2n) is 5.89. The fraction of sp³-hybridized carbons (Fsp3) is 0.562. The first-order valence-corrected chi connectivity index (χ1v) is 7.36. The van der Waals surface area contributed by atoms with Crippen LogP contribution in [-0.2, 0) is 11.2 Å². The van der Waals surface area contributed by atoms with Crippen LogP contribution in [-0.4, -0.2) is 24.2 Å². The highest BCUT2D eigenvalue weighted by Gasteiger charge is 2.33. The van der Waals surface area contributed by atoms with Gasteiger partial charge in [-0.2, -0.15) is 0 Å². The van der Waals surface area contributed by atoms with Crippen LogP contribution in [0.4, 0.5) is 5.69 Å². The quantitative estimate of drug-likeness (QED) is 0.694. The predicted molar refractivity (Wildman–Crippen MR) is 80.2 cm³/mol. The number of benzene rings is 1. The fourth-order valence-corrected chi connectivity index (χ4v) is 2.90. The van der Waals surface area contributed by atoms with Gasteiger partial charge >= 0.3 is 0 Å². The number of nitrogens with one attached hydrogen (secondary N) is 1. The lowest BCUT2D eigenvalue weighted by Gasteiger charge is -2.26. The molecule has 1 aromatic rings. The zero-order valence-electron chi connectivity index (χ0n) is 11.9. The number of hydrogen-bond acceptors (Lipinski definition) is 3. The third kappa shape index (κ3) is 3.97. The Morgan fingerprint density at radius 3 is 2.75 bits per heavy atom. The lowest BCUT2D eigenvalue weighted by molar-refractivity contribution is -0.121. The van der Waals surface area contributed by atoms with E-state index in [4.69, 9.17) is 5.73 Å². The first-order valence-electron chi connectivity index (χ1n) is 7.36. The Labute approximate surface area is 120 Å². The van der Waals surface area contributed by atoms with E-state index in [-0.39, 0.29) is 17.9 Å². The number of anilines is 1. The summed E-state index contributed by atoms with van der Waals surface area (Å²) in [6, 6.07) is 7.63. The first-order chi connectivity index (χ1) is 9.63. The van der Waals surface area contributed by atoms with Gasteiger partial charge in [0, 0.05) is 24.1 Å². The summed E-state index contributed by atoms with van der Waals surface area (Å²) in [5.74, 6) is 0.0483. The minimum atomic E-state index is -0.0766. The Kier molecular flexibility index (Phi) is 5.01. The number of hydrogen-bond donors (Lipinski definition) is 3. The molecule has 1 aliphatic carbocycles. The first kappa shape index (κ1) is 14.9. The van der Waals surface area contributed by atoms with Crippen LogP contribution in [0.1, 0.15) is 37.7 Å². The molecule has 20 heavy (non-hydrogen) atoms. The summed E-state index contributed by atoms with van der Waals surface area (Å²) in [5.41, 5.74) is 7.45. The van der Waals surface area contributed by atoms with E-state index in [0.717, 1.165) is 36.9 Å². The van der Waals surface area contributed by atoms with Gasteiger partial charge in [-0.15, -0.1) is 0 Å². The number of rotatable bonds is 6. The van der Waals surface area contributed by atoms with Crippen molar-refractivity contribution in [1.29, 1.82) is 0 Å². The van der Waals surface area contributed by atoms with E-state index in [2.05, 4.69) is 5.32 Å². The summed E-state index contributed by atoms with van der Waals surface area (Å²) in [4.78, 5) is 11.9. The number of carbonyl (C=O) groups excluding carboxylic acids is 1. The van der Waals surface area contributed by atoms with Gasteiger partial charge in [-0.25, -0.2) is 0 Å². The van der Waals surface area contributed by atoms with Gasteiger partial charge in [-0.1, -0.05) is 25.0 Å². The molecule has 110 valence electrons. The fourth-order valence-electron chi connectivity index (χ4n) is 2.90. The van der Waals surface area contributed by atoms with E-state index in [1.807, 2.05) is 24.3 Å². The van der Waals surface area contributed by atoms with Crippen LogP contribution in [0.3, 0.4) is 0 Å². The molecule has 0 bridgehead atoms. The van der Waals surface area contributed by atoms with Gasteiger partial charge in [0.1, 0.15) is 0 Å². The highest BCUT2D eigenvalue weighted by Crippen LogP contribution is 2.36. The summed E-state index contributed by atoms with van der Waals surface area (Å²) in [7, 11) is 0. The summed E-state index contributed by atoms with van der Waals surface area (Å²) >= 11 is 0. The third-order valence-electron chi connectivity index (χ3n) is 4.25. The van der Waals surface area contributed by atoms with Gasteiger partial charge in [0.25, 0.3) is 0 Å². The zero-order chi connectivity index (χ0) is 14.4. The Morgan fingerprint density at radius 2 is 2.10 bits per heavy atom. The van der Waals surface area contributed by atoms with Crippen LogP contribution in [0, 0.1) is 5.41 Å². The monoisotopic (exact) mass is 276 g/mol. The molecule has 4 N–H and O–H groups in total. The Morgan fingerprint density at radius 1 is 1.35 bits per heavy atom. The van der Waals surface area contributed by atoms with Crippen LogP contribution in [0.15, 0.2) is 24.3 Å². The standard InChI is InChI=1S/C16H24N2O2/c17-14-5-3-4-13(10-14)6-7-15(20)18-11-16(12-19)8-1-2-9-16/h3-5,10,19H,1-2,6-9,11-12,17H2,(H,18,20). The van der Waals surface area contributed by atoms with Crippen molar-refractivity contribution in [3.8, 4) is 0 Å². The van der Waals surface area contributed by atoms with Crippen LogP contribution in [0.2, 0.25) is 0 Å². The molecule has 0 atom stereocenters. The lowest BCUT2D eigenvalue weighted by atomic mass is 9.87. The van der Waals surface area contributed by atoms with E-state index >= 15 is 0 Å². The largest absolute Gasteiger partial charge is 0.399 e. The second kappa shape index (κ2) is 6.75. The molecule has 1 fully saturated rings. The molecule has 1 aliphatic rings. The van der Waals surface area contributed by atoms with Crippen molar-refractivity contribution in [1.82, 2.24) is 5.32 Å². The molecule has 0 unspecified atom stereocenters. The topological polar surface area (TPSA) is 75.4 Å². The van der Waals surface area contributed by atoms with Crippen LogP contribution >= 0.6 is 0 Å². The van der Waals surface area contributed by atoms with Crippen molar-refractivity contribution in [3.63, 3.8) is 0 Å². The highest BCUT2D eigenvalue weighted by atomic mass is 16.3. The normalized spacial score (nSPS) is 17.1. The van der Waals surface area contributed by atoms with E-state index in [9.17, 15) is 9.90 Å². The summed E-state index contributed by atoms with van der Waals surface area (Å²) in [5, 5.41) is 12.5. The maximum absolute atomic E-state index is 11.9. The van der Waals surface area contributed by atoms with Gasteiger partial charge in [-0.05, 0) is 37.0 Å². The molecule has 0 saturated heterocycles. The van der Waals surface area contributed by atoms with E-state index in [1.165, 1.54) is 0 Å². The number of amides is 1. The molecular weight excluding hydrogens is 252 g/mol. The zero-order valence-corrected chi connectivity index (χ0v) is 11.9. The van der Waals surface area contributed by atoms with Gasteiger partial charge in [-0.3, -0.25) is 4.79 Å². The van der Waals surface area contributed by atoms with Crippen molar-refractivity contribution in [2.24, 2.45) is 5.41 Å². The van der Waals surface area contributed by atoms with E-state index in [0.29, 0.717) is 19.4 Å². The average Bonchev–Trinajstić information content (AvgIpc) is 2.92. The van der Waals surface area contributed by atoms with Crippen molar-refractivity contribution in [3.05, 3.63) is 29.8 Å². The average molecular weight is 276 g/mol. The SMILES string of the molecule is Nc1cccc(CCC(=O)NCC2(CO)CCCC2)c1. The summed E-state index contributed by atoms with van der Waals surface area (Å²) in [6.07, 6.45) is 5.49. The minimum absolute atomic E-state index is 0.0483. The van der Waals surface area contributed by atoms with Crippen molar-refractivity contribution >= 4 is 11.6 Å². The Bertz CT molecular complexity index is 454. The number of nitrogens with two attached hydrogens (primary N) is 1. The number of aliphatic hydroxyl groups excluding tert-OH is 1. The highest BCUT2D eigenvalue weighted by molar-refractivity contribution is 5.76. The van der Waals surface area contributed by atoms with Crippen LogP contribution in [0.25, 0.3) is 0 Å². The molecule has 1 saturated carbocycles. The molecule has 4 nitrogen and oxygen atoms in total. The van der Waals surface area contributed by atoms with Gasteiger partial charge < -0.3 is 16.2 Å². The molecule has 0 aromatic heterocycles. The number of aliphatic hydroxyl groups is 1. The minimum Gasteiger partial charge on any atom is -0.399 e. The van der Waals surface area contributed by atoms with Gasteiger partial charge in [0.15, 0.2) is 0 Å². The molecule has 1 aromatic carbocycles. The Hall–Kier alpha value is -1.55. The smallest absolute Gasteiger partial charge is 0.220 e. The van der Waals surface area contributed by atoms with E-state index < -0.39 is 0 Å². The van der Waals surface area contributed by atoms with Crippen molar-refractivity contribution in [2.45, 2.75) is 38.5 Å². The molecule has 0 spiro atoms. The van der Waals surface area contributed by atoms with Gasteiger partial charge in [0.2, 0.25) is 5.91 Å². The predicted octanol–water partition coefficient (Wildman–Crippen LogP) is 1.87. The van der Waals surface area contributed by atoms with Crippen molar-refractivity contribution < 1.29 is 9.90 Å².